The highest BCUT2D eigenvalue weighted by Gasteiger charge is 2.27. The molecular weight excluding hydrogens is 288 g/mol. The zero-order chi connectivity index (χ0) is 15.1. The number of hydrogen-bond acceptors (Lipinski definition) is 7. The van der Waals surface area contributed by atoms with Gasteiger partial charge in [-0.25, -0.2) is 0 Å². The maximum Gasteiger partial charge on any atom is 0.310 e. The zero-order valence-corrected chi connectivity index (χ0v) is 13.6. The number of rotatable bonds is 7. The van der Waals surface area contributed by atoms with Crippen LogP contribution in [0.25, 0.3) is 0 Å². The van der Waals surface area contributed by atoms with E-state index in [9.17, 15) is 4.79 Å². The van der Waals surface area contributed by atoms with Crippen LogP contribution in [0.1, 0.15) is 38.8 Å². The Morgan fingerprint density at radius 2 is 2.38 bits per heavy atom. The van der Waals surface area contributed by atoms with E-state index < -0.39 is 0 Å². The summed E-state index contributed by atoms with van der Waals surface area (Å²) in [6.07, 6.45) is 3.02. The first kappa shape index (κ1) is 16.2. The number of piperidine rings is 1. The average Bonchev–Trinajstić information content (AvgIpc) is 2.93. The van der Waals surface area contributed by atoms with Crippen LogP contribution in [0.5, 0.6) is 0 Å². The van der Waals surface area contributed by atoms with Crippen LogP contribution >= 0.6 is 11.5 Å². The van der Waals surface area contributed by atoms with Gasteiger partial charge in [-0.05, 0) is 32.7 Å². The minimum absolute atomic E-state index is 0.00246. The molecule has 0 radical (unpaired) electrons. The Kier molecular flexibility index (Phi) is 6.38. The Balaban J connectivity index is 1.90. The predicted octanol–water partition coefficient (Wildman–Crippen LogP) is 2.14. The van der Waals surface area contributed by atoms with Crippen molar-refractivity contribution in [2.45, 2.75) is 39.7 Å². The van der Waals surface area contributed by atoms with Crippen molar-refractivity contribution in [3.05, 3.63) is 5.69 Å². The second-order valence-corrected chi connectivity index (χ2v) is 6.06. The topological polar surface area (TPSA) is 67.4 Å². The van der Waals surface area contributed by atoms with Crippen molar-refractivity contribution >= 4 is 22.5 Å². The first-order valence-electron chi connectivity index (χ1n) is 7.68. The van der Waals surface area contributed by atoms with E-state index in [1.54, 1.807) is 0 Å². The molecule has 1 aromatic rings. The average molecular weight is 312 g/mol. The normalized spacial score (nSPS) is 19.4. The summed E-state index contributed by atoms with van der Waals surface area (Å²) >= 11 is 1.40. The van der Waals surface area contributed by atoms with Gasteiger partial charge in [0, 0.05) is 31.2 Å². The number of hydrogen-bond donors (Lipinski definition) is 1. The molecule has 1 saturated heterocycles. The molecule has 1 fully saturated rings. The molecule has 0 spiro atoms. The van der Waals surface area contributed by atoms with Crippen LogP contribution in [0.4, 0.5) is 5.00 Å². The number of carbonyl (C=O) groups excluding carboxylic acids is 1. The lowest BCUT2D eigenvalue weighted by molar-refractivity contribution is -0.150. The van der Waals surface area contributed by atoms with E-state index in [-0.39, 0.29) is 11.9 Å². The van der Waals surface area contributed by atoms with Crippen molar-refractivity contribution < 1.29 is 9.53 Å². The number of nitrogens with zero attached hydrogens (tertiary/aromatic N) is 3. The van der Waals surface area contributed by atoms with Gasteiger partial charge in [-0.3, -0.25) is 9.69 Å². The number of carbonyl (C=O) groups is 1. The van der Waals surface area contributed by atoms with Gasteiger partial charge in [0.05, 0.1) is 12.5 Å². The van der Waals surface area contributed by atoms with Crippen molar-refractivity contribution in [3.63, 3.8) is 0 Å². The quantitative estimate of drug-likeness (QED) is 0.778. The summed E-state index contributed by atoms with van der Waals surface area (Å²) in [4.78, 5) is 14.1. The first-order chi connectivity index (χ1) is 10.2. The molecule has 1 unspecified atom stereocenters. The SMILES string of the molecule is CCCNc1snnc1CN1CCCC(C(=O)OCC)C1. The molecule has 118 valence electrons. The standard InChI is InChI=1S/C14H24N4O2S/c1-3-7-15-13-12(16-17-21-13)10-18-8-5-6-11(9-18)14(19)20-4-2/h11,15H,3-10H2,1-2H3. The van der Waals surface area contributed by atoms with Crippen LogP contribution in [0.3, 0.4) is 0 Å². The maximum atomic E-state index is 11.9. The third-order valence-electron chi connectivity index (χ3n) is 3.59. The van der Waals surface area contributed by atoms with Crippen LogP contribution in [-0.2, 0) is 16.1 Å². The highest BCUT2D eigenvalue weighted by atomic mass is 32.1. The van der Waals surface area contributed by atoms with Gasteiger partial charge in [-0.15, -0.1) is 5.10 Å². The fraction of sp³-hybridized carbons (Fsp3) is 0.786. The zero-order valence-electron chi connectivity index (χ0n) is 12.8. The lowest BCUT2D eigenvalue weighted by atomic mass is 9.98. The lowest BCUT2D eigenvalue weighted by Crippen LogP contribution is -2.39. The third-order valence-corrected chi connectivity index (χ3v) is 4.32. The van der Waals surface area contributed by atoms with E-state index in [1.807, 2.05) is 6.92 Å². The van der Waals surface area contributed by atoms with Crippen molar-refractivity contribution in [1.82, 2.24) is 14.5 Å². The van der Waals surface area contributed by atoms with Gasteiger partial charge in [0.2, 0.25) is 0 Å². The van der Waals surface area contributed by atoms with Crippen LogP contribution in [0.2, 0.25) is 0 Å². The summed E-state index contributed by atoms with van der Waals surface area (Å²) in [5, 5.41) is 8.63. The number of aromatic nitrogens is 2. The van der Waals surface area contributed by atoms with Crippen molar-refractivity contribution in [2.24, 2.45) is 5.92 Å². The Bertz CT molecular complexity index is 452. The summed E-state index contributed by atoms with van der Waals surface area (Å²) in [7, 11) is 0. The molecule has 1 aliphatic heterocycles. The Morgan fingerprint density at radius 3 is 3.14 bits per heavy atom. The van der Waals surface area contributed by atoms with E-state index in [4.69, 9.17) is 4.74 Å². The lowest BCUT2D eigenvalue weighted by Gasteiger charge is -2.30. The minimum atomic E-state index is -0.0667. The summed E-state index contributed by atoms with van der Waals surface area (Å²) < 4.78 is 9.17. The molecule has 0 saturated carbocycles. The van der Waals surface area contributed by atoms with Gasteiger partial charge in [0.25, 0.3) is 0 Å². The molecule has 2 heterocycles. The molecule has 21 heavy (non-hydrogen) atoms. The van der Waals surface area contributed by atoms with E-state index in [1.165, 1.54) is 11.5 Å². The number of likely N-dealkylation sites (tertiary alicyclic amines) is 1. The number of esters is 1. The molecule has 1 N–H and O–H groups in total. The van der Waals surface area contributed by atoms with Gasteiger partial charge < -0.3 is 10.1 Å². The highest BCUT2D eigenvalue weighted by Crippen LogP contribution is 2.23. The fourth-order valence-electron chi connectivity index (χ4n) is 2.55. The predicted molar refractivity (Wildman–Crippen MR) is 83.3 cm³/mol. The van der Waals surface area contributed by atoms with Gasteiger partial charge in [-0.2, -0.15) is 0 Å². The molecule has 1 aromatic heterocycles. The Hall–Kier alpha value is -1.21. The summed E-state index contributed by atoms with van der Waals surface area (Å²) in [5.74, 6) is -0.0692. The van der Waals surface area contributed by atoms with E-state index in [0.29, 0.717) is 6.61 Å². The molecule has 0 bridgehead atoms. The van der Waals surface area contributed by atoms with Crippen LogP contribution < -0.4 is 5.32 Å². The maximum absolute atomic E-state index is 11.9. The molecule has 6 nitrogen and oxygen atoms in total. The van der Waals surface area contributed by atoms with Crippen LogP contribution in [0.15, 0.2) is 0 Å². The Morgan fingerprint density at radius 1 is 1.52 bits per heavy atom. The molecule has 1 aliphatic rings. The summed E-state index contributed by atoms with van der Waals surface area (Å²) in [6.45, 7) is 7.88. The van der Waals surface area contributed by atoms with E-state index in [2.05, 4.69) is 26.7 Å². The number of anilines is 1. The molecule has 1 atom stereocenters. The second kappa shape index (κ2) is 8.29. The fourth-order valence-corrected chi connectivity index (χ4v) is 3.15. The van der Waals surface area contributed by atoms with Gasteiger partial charge in [0.1, 0.15) is 10.7 Å². The van der Waals surface area contributed by atoms with E-state index in [0.717, 1.165) is 56.1 Å². The second-order valence-electron chi connectivity index (χ2n) is 5.30. The smallest absolute Gasteiger partial charge is 0.310 e. The largest absolute Gasteiger partial charge is 0.466 e. The van der Waals surface area contributed by atoms with Gasteiger partial charge in [-0.1, -0.05) is 11.4 Å². The first-order valence-corrected chi connectivity index (χ1v) is 8.46. The van der Waals surface area contributed by atoms with Crippen molar-refractivity contribution in [1.29, 1.82) is 0 Å². The number of nitrogens with one attached hydrogen (secondary N) is 1. The summed E-state index contributed by atoms with van der Waals surface area (Å²) in [5.41, 5.74) is 0.984. The van der Waals surface area contributed by atoms with Gasteiger partial charge >= 0.3 is 5.97 Å². The van der Waals surface area contributed by atoms with Crippen LogP contribution in [-0.4, -0.2) is 46.7 Å². The van der Waals surface area contributed by atoms with Crippen molar-refractivity contribution in [2.75, 3.05) is 31.6 Å². The number of ether oxygens (including phenoxy) is 1. The molecule has 0 aliphatic carbocycles. The molecule has 0 amide bonds. The monoisotopic (exact) mass is 312 g/mol. The molecule has 0 aromatic carbocycles. The van der Waals surface area contributed by atoms with Crippen LogP contribution in [0, 0.1) is 5.92 Å². The molecule has 7 heteroatoms. The van der Waals surface area contributed by atoms with Gasteiger partial charge in [0.15, 0.2) is 0 Å². The Labute approximate surface area is 130 Å². The minimum Gasteiger partial charge on any atom is -0.466 e. The molecule has 2 rings (SSSR count). The highest BCUT2D eigenvalue weighted by molar-refractivity contribution is 7.10. The van der Waals surface area contributed by atoms with Crippen molar-refractivity contribution in [3.8, 4) is 0 Å². The molecular formula is C14H24N4O2S. The summed E-state index contributed by atoms with van der Waals surface area (Å²) in [6, 6.07) is 0. The third kappa shape index (κ3) is 4.64. The van der Waals surface area contributed by atoms with E-state index >= 15 is 0 Å².